The lowest BCUT2D eigenvalue weighted by atomic mass is 9.90. The molecule has 1 saturated heterocycles. The van der Waals surface area contributed by atoms with E-state index in [0.29, 0.717) is 5.15 Å². The van der Waals surface area contributed by atoms with Gasteiger partial charge in [0.15, 0.2) is 0 Å². The van der Waals surface area contributed by atoms with Gasteiger partial charge in [0.1, 0.15) is 16.8 Å². The number of halogens is 1. The summed E-state index contributed by atoms with van der Waals surface area (Å²) in [5.74, 6) is 2.47. The highest BCUT2D eigenvalue weighted by atomic mass is 35.5. The summed E-state index contributed by atoms with van der Waals surface area (Å²) in [4.78, 5) is 10.9. The van der Waals surface area contributed by atoms with Crippen molar-refractivity contribution in [1.29, 1.82) is 0 Å². The minimum Gasteiger partial charge on any atom is -0.356 e. The minimum absolute atomic E-state index is 0.531. The van der Waals surface area contributed by atoms with Crippen molar-refractivity contribution in [3.05, 3.63) is 52.9 Å². The van der Waals surface area contributed by atoms with Gasteiger partial charge in [0.25, 0.3) is 0 Å². The second-order valence-corrected chi connectivity index (χ2v) is 6.10. The monoisotopic (exact) mass is 301 g/mol. The van der Waals surface area contributed by atoms with Crippen molar-refractivity contribution in [3.8, 4) is 0 Å². The fourth-order valence-electron chi connectivity index (χ4n) is 2.99. The maximum Gasteiger partial charge on any atom is 0.134 e. The average molecular weight is 302 g/mol. The number of hydrogen-bond acceptors (Lipinski definition) is 3. The number of piperidine rings is 1. The van der Waals surface area contributed by atoms with Gasteiger partial charge in [-0.25, -0.2) is 9.97 Å². The van der Waals surface area contributed by atoms with E-state index in [0.717, 1.165) is 30.6 Å². The Kier molecular flexibility index (Phi) is 4.39. The van der Waals surface area contributed by atoms with Crippen LogP contribution in [0.5, 0.6) is 0 Å². The summed E-state index contributed by atoms with van der Waals surface area (Å²) in [7, 11) is 0. The number of nitrogens with zero attached hydrogens (tertiary/aromatic N) is 3. The fraction of sp³-hybridized carbons (Fsp3) is 0.412. The van der Waals surface area contributed by atoms with Gasteiger partial charge in [-0.3, -0.25) is 0 Å². The van der Waals surface area contributed by atoms with Crippen LogP contribution in [0.4, 0.5) is 5.82 Å². The van der Waals surface area contributed by atoms with E-state index in [1.54, 1.807) is 0 Å². The van der Waals surface area contributed by atoms with Gasteiger partial charge in [-0.15, -0.1) is 0 Å². The van der Waals surface area contributed by atoms with Gasteiger partial charge in [0.05, 0.1) is 0 Å². The van der Waals surface area contributed by atoms with E-state index >= 15 is 0 Å². The normalized spacial score (nSPS) is 16.2. The smallest absolute Gasteiger partial charge is 0.134 e. The van der Waals surface area contributed by atoms with Crippen molar-refractivity contribution in [2.75, 3.05) is 18.0 Å². The molecule has 0 radical (unpaired) electrons. The molecule has 1 aliphatic heterocycles. The predicted octanol–water partition coefficient (Wildman–Crippen LogP) is 3.90. The molecule has 3 nitrogen and oxygen atoms in total. The highest BCUT2D eigenvalue weighted by Crippen LogP contribution is 2.25. The van der Waals surface area contributed by atoms with Crippen LogP contribution >= 0.6 is 11.6 Å². The van der Waals surface area contributed by atoms with E-state index in [4.69, 9.17) is 11.6 Å². The van der Waals surface area contributed by atoms with Crippen LogP contribution in [0.2, 0.25) is 5.15 Å². The molecule has 2 aromatic rings. The summed E-state index contributed by atoms with van der Waals surface area (Å²) < 4.78 is 0. The van der Waals surface area contributed by atoms with E-state index in [1.165, 1.54) is 24.8 Å². The molecule has 2 heterocycles. The number of aromatic nitrogens is 2. The van der Waals surface area contributed by atoms with Crippen LogP contribution in [0.25, 0.3) is 0 Å². The van der Waals surface area contributed by atoms with Crippen molar-refractivity contribution >= 4 is 17.4 Å². The molecule has 3 rings (SSSR count). The number of aryl methyl sites for hydroxylation is 1. The van der Waals surface area contributed by atoms with E-state index in [-0.39, 0.29) is 0 Å². The summed E-state index contributed by atoms with van der Waals surface area (Å²) in [6, 6.07) is 12.6. The third-order valence-electron chi connectivity index (χ3n) is 4.10. The number of benzene rings is 1. The van der Waals surface area contributed by atoms with Crippen LogP contribution in [0.3, 0.4) is 0 Å². The summed E-state index contributed by atoms with van der Waals surface area (Å²) in [5.41, 5.74) is 1.44. The summed E-state index contributed by atoms with van der Waals surface area (Å²) >= 11 is 6.03. The highest BCUT2D eigenvalue weighted by molar-refractivity contribution is 6.29. The Balaban J connectivity index is 1.60. The molecule has 0 atom stereocenters. The molecule has 0 saturated carbocycles. The van der Waals surface area contributed by atoms with E-state index < -0.39 is 0 Å². The quantitative estimate of drug-likeness (QED) is 0.805. The van der Waals surface area contributed by atoms with Crippen LogP contribution in [-0.4, -0.2) is 23.1 Å². The maximum absolute atomic E-state index is 6.03. The molecule has 0 unspecified atom stereocenters. The second kappa shape index (κ2) is 6.44. The first kappa shape index (κ1) is 14.3. The average Bonchev–Trinajstić information content (AvgIpc) is 2.48. The molecule has 4 heteroatoms. The zero-order valence-electron chi connectivity index (χ0n) is 12.3. The van der Waals surface area contributed by atoms with Gasteiger partial charge >= 0.3 is 0 Å². The second-order valence-electron chi connectivity index (χ2n) is 5.72. The Morgan fingerprint density at radius 2 is 1.86 bits per heavy atom. The van der Waals surface area contributed by atoms with Crippen molar-refractivity contribution in [2.24, 2.45) is 5.92 Å². The van der Waals surface area contributed by atoms with Gasteiger partial charge in [-0.2, -0.15) is 0 Å². The lowest BCUT2D eigenvalue weighted by Gasteiger charge is -2.33. The van der Waals surface area contributed by atoms with Crippen molar-refractivity contribution in [1.82, 2.24) is 9.97 Å². The summed E-state index contributed by atoms with van der Waals surface area (Å²) in [6.45, 7) is 3.98. The first-order valence-electron chi connectivity index (χ1n) is 7.51. The summed E-state index contributed by atoms with van der Waals surface area (Å²) in [5, 5.41) is 0.531. The van der Waals surface area contributed by atoms with Gasteiger partial charge in [0, 0.05) is 19.2 Å². The van der Waals surface area contributed by atoms with Gasteiger partial charge in [0.2, 0.25) is 0 Å². The Labute approximate surface area is 131 Å². The number of anilines is 1. The molecular weight excluding hydrogens is 282 g/mol. The van der Waals surface area contributed by atoms with E-state index in [1.807, 2.05) is 13.0 Å². The number of hydrogen-bond donors (Lipinski definition) is 0. The standard InChI is InChI=1S/C17H20ClN3/c1-13-19-16(18)12-17(20-13)21-9-7-15(8-10-21)11-14-5-3-2-4-6-14/h2-6,12,15H,7-11H2,1H3. The Hall–Kier alpha value is -1.61. The largest absolute Gasteiger partial charge is 0.356 e. The molecule has 0 N–H and O–H groups in total. The molecule has 1 aliphatic rings. The first-order valence-corrected chi connectivity index (χ1v) is 7.88. The fourth-order valence-corrected chi connectivity index (χ4v) is 3.21. The van der Waals surface area contributed by atoms with Gasteiger partial charge < -0.3 is 4.90 Å². The Bertz CT molecular complexity index is 572. The molecule has 1 fully saturated rings. The third-order valence-corrected chi connectivity index (χ3v) is 4.29. The topological polar surface area (TPSA) is 29.0 Å². The molecule has 110 valence electrons. The Morgan fingerprint density at radius 1 is 1.14 bits per heavy atom. The molecular formula is C17H20ClN3. The van der Waals surface area contributed by atoms with Crippen LogP contribution in [0.15, 0.2) is 36.4 Å². The van der Waals surface area contributed by atoms with Crippen LogP contribution in [-0.2, 0) is 6.42 Å². The van der Waals surface area contributed by atoms with Crippen molar-refractivity contribution < 1.29 is 0 Å². The lowest BCUT2D eigenvalue weighted by molar-refractivity contribution is 0.402. The van der Waals surface area contributed by atoms with E-state index in [9.17, 15) is 0 Å². The van der Waals surface area contributed by atoms with Gasteiger partial charge in [-0.1, -0.05) is 41.9 Å². The molecule has 1 aromatic heterocycles. The Morgan fingerprint density at radius 3 is 2.52 bits per heavy atom. The van der Waals surface area contributed by atoms with Crippen LogP contribution in [0, 0.1) is 12.8 Å². The molecule has 0 bridgehead atoms. The molecule has 1 aromatic carbocycles. The van der Waals surface area contributed by atoms with Crippen LogP contribution in [0.1, 0.15) is 24.2 Å². The van der Waals surface area contributed by atoms with Crippen molar-refractivity contribution in [2.45, 2.75) is 26.2 Å². The molecule has 0 spiro atoms. The molecule has 0 aliphatic carbocycles. The zero-order valence-corrected chi connectivity index (χ0v) is 13.1. The summed E-state index contributed by atoms with van der Waals surface area (Å²) in [6.07, 6.45) is 3.59. The highest BCUT2D eigenvalue weighted by Gasteiger charge is 2.20. The van der Waals surface area contributed by atoms with E-state index in [2.05, 4.69) is 45.2 Å². The zero-order chi connectivity index (χ0) is 14.7. The lowest BCUT2D eigenvalue weighted by Crippen LogP contribution is -2.35. The predicted molar refractivity (Wildman–Crippen MR) is 86.9 cm³/mol. The molecule has 21 heavy (non-hydrogen) atoms. The SMILES string of the molecule is Cc1nc(Cl)cc(N2CCC(Cc3ccccc3)CC2)n1. The maximum atomic E-state index is 6.03. The minimum atomic E-state index is 0.531. The van der Waals surface area contributed by atoms with Crippen LogP contribution < -0.4 is 4.90 Å². The van der Waals surface area contributed by atoms with Gasteiger partial charge in [-0.05, 0) is 37.7 Å². The number of rotatable bonds is 3. The van der Waals surface area contributed by atoms with Crippen molar-refractivity contribution in [3.63, 3.8) is 0 Å². The first-order chi connectivity index (χ1) is 10.2. The molecule has 0 amide bonds. The third kappa shape index (κ3) is 3.73.